The van der Waals surface area contributed by atoms with E-state index in [4.69, 9.17) is 4.74 Å². The van der Waals surface area contributed by atoms with Crippen LogP contribution < -0.4 is 5.32 Å². The molecule has 0 aromatic carbocycles. The highest BCUT2D eigenvalue weighted by atomic mass is 32.2. The molecular formula is C12H27NOS. The van der Waals surface area contributed by atoms with Crippen molar-refractivity contribution in [3.63, 3.8) is 0 Å². The Balaban J connectivity index is 3.35. The molecule has 0 heterocycles. The van der Waals surface area contributed by atoms with E-state index in [0.717, 1.165) is 19.6 Å². The number of nitrogens with one attached hydrogen (secondary N) is 1. The number of hydrogen-bond acceptors (Lipinski definition) is 3. The molecule has 1 atom stereocenters. The van der Waals surface area contributed by atoms with Crippen LogP contribution in [0.3, 0.4) is 0 Å². The first-order valence-corrected chi connectivity index (χ1v) is 7.13. The molecule has 0 spiro atoms. The molecule has 15 heavy (non-hydrogen) atoms. The van der Waals surface area contributed by atoms with Crippen molar-refractivity contribution >= 4 is 11.8 Å². The largest absolute Gasteiger partial charge is 0.385 e. The van der Waals surface area contributed by atoms with Gasteiger partial charge in [0.2, 0.25) is 0 Å². The third kappa shape index (κ3) is 9.21. The van der Waals surface area contributed by atoms with Gasteiger partial charge in [-0.3, -0.25) is 0 Å². The Morgan fingerprint density at radius 2 is 1.93 bits per heavy atom. The lowest BCUT2D eigenvalue weighted by molar-refractivity contribution is 0.200. The summed E-state index contributed by atoms with van der Waals surface area (Å²) in [7, 11) is 1.77. The number of hydrogen-bond donors (Lipinski definition) is 1. The Bertz CT molecular complexity index is 129. The van der Waals surface area contributed by atoms with E-state index in [1.807, 2.05) is 11.8 Å². The van der Waals surface area contributed by atoms with Gasteiger partial charge < -0.3 is 10.1 Å². The summed E-state index contributed by atoms with van der Waals surface area (Å²) in [6.07, 6.45) is 3.63. The Kier molecular flexibility index (Phi) is 11.0. The van der Waals surface area contributed by atoms with Crippen molar-refractivity contribution < 1.29 is 4.74 Å². The maximum absolute atomic E-state index is 5.03. The van der Waals surface area contributed by atoms with E-state index in [1.165, 1.54) is 18.6 Å². The van der Waals surface area contributed by atoms with Crippen LogP contribution in [0.1, 0.15) is 40.0 Å². The lowest BCUT2D eigenvalue weighted by Gasteiger charge is -2.18. The fourth-order valence-electron chi connectivity index (χ4n) is 1.46. The van der Waals surface area contributed by atoms with E-state index in [0.29, 0.717) is 11.3 Å². The van der Waals surface area contributed by atoms with E-state index < -0.39 is 0 Å². The monoisotopic (exact) mass is 233 g/mol. The van der Waals surface area contributed by atoms with Crippen LogP contribution in [0, 0.1) is 0 Å². The van der Waals surface area contributed by atoms with E-state index in [2.05, 4.69) is 26.1 Å². The molecule has 92 valence electrons. The smallest absolute Gasteiger partial charge is 0.0470 e. The zero-order valence-corrected chi connectivity index (χ0v) is 11.5. The molecule has 0 aliphatic carbocycles. The third-order valence-electron chi connectivity index (χ3n) is 2.57. The van der Waals surface area contributed by atoms with Gasteiger partial charge >= 0.3 is 0 Å². The molecular weight excluding hydrogens is 206 g/mol. The highest BCUT2D eigenvalue weighted by molar-refractivity contribution is 7.99. The average molecular weight is 233 g/mol. The van der Waals surface area contributed by atoms with Gasteiger partial charge in [-0.25, -0.2) is 0 Å². The van der Waals surface area contributed by atoms with E-state index >= 15 is 0 Å². The second kappa shape index (κ2) is 10.8. The normalized spacial score (nSPS) is 13.4. The SMILES string of the molecule is CCC(CC)NCC(C)SCCCOC. The summed E-state index contributed by atoms with van der Waals surface area (Å²) in [4.78, 5) is 0. The molecule has 0 radical (unpaired) electrons. The first kappa shape index (κ1) is 15.3. The number of thioether (sulfide) groups is 1. The van der Waals surface area contributed by atoms with Gasteiger partial charge in [0, 0.05) is 31.6 Å². The molecule has 0 saturated heterocycles. The van der Waals surface area contributed by atoms with Crippen LogP contribution in [-0.2, 0) is 4.74 Å². The predicted molar refractivity (Wildman–Crippen MR) is 70.8 cm³/mol. The van der Waals surface area contributed by atoms with Crippen molar-refractivity contribution in [1.82, 2.24) is 5.32 Å². The standard InChI is InChI=1S/C12H27NOS/c1-5-12(6-2)13-10-11(3)15-9-7-8-14-4/h11-13H,5-10H2,1-4H3. The first-order valence-electron chi connectivity index (χ1n) is 6.08. The molecule has 0 saturated carbocycles. The van der Waals surface area contributed by atoms with Gasteiger partial charge in [-0.15, -0.1) is 0 Å². The minimum Gasteiger partial charge on any atom is -0.385 e. The van der Waals surface area contributed by atoms with Crippen LogP contribution in [0.2, 0.25) is 0 Å². The number of rotatable bonds is 10. The zero-order valence-electron chi connectivity index (χ0n) is 10.7. The lowest BCUT2D eigenvalue weighted by atomic mass is 10.2. The summed E-state index contributed by atoms with van der Waals surface area (Å²) in [5.41, 5.74) is 0. The summed E-state index contributed by atoms with van der Waals surface area (Å²) >= 11 is 2.04. The van der Waals surface area contributed by atoms with Crippen molar-refractivity contribution in [2.75, 3.05) is 26.0 Å². The Labute approximate surface area is 99.5 Å². The van der Waals surface area contributed by atoms with Gasteiger partial charge in [0.1, 0.15) is 0 Å². The van der Waals surface area contributed by atoms with Crippen LogP contribution in [0.4, 0.5) is 0 Å². The highest BCUT2D eigenvalue weighted by Gasteiger charge is 2.06. The Morgan fingerprint density at radius 1 is 1.27 bits per heavy atom. The third-order valence-corrected chi connectivity index (χ3v) is 3.83. The van der Waals surface area contributed by atoms with Crippen LogP contribution in [0.15, 0.2) is 0 Å². The molecule has 0 aliphatic rings. The molecule has 3 heteroatoms. The van der Waals surface area contributed by atoms with Crippen LogP contribution in [0.5, 0.6) is 0 Å². The second-order valence-corrected chi connectivity index (χ2v) is 5.50. The van der Waals surface area contributed by atoms with Gasteiger partial charge in [0.15, 0.2) is 0 Å². The van der Waals surface area contributed by atoms with Crippen molar-refractivity contribution in [3.05, 3.63) is 0 Å². The molecule has 0 aromatic rings. The van der Waals surface area contributed by atoms with Gasteiger partial charge in [0.25, 0.3) is 0 Å². The van der Waals surface area contributed by atoms with E-state index in [-0.39, 0.29) is 0 Å². The molecule has 0 rings (SSSR count). The van der Waals surface area contributed by atoms with Crippen LogP contribution >= 0.6 is 11.8 Å². The highest BCUT2D eigenvalue weighted by Crippen LogP contribution is 2.11. The summed E-state index contributed by atoms with van der Waals surface area (Å²) in [5.74, 6) is 1.21. The predicted octanol–water partition coefficient (Wildman–Crippen LogP) is 2.92. The summed E-state index contributed by atoms with van der Waals surface area (Å²) in [6.45, 7) is 8.81. The number of methoxy groups -OCH3 is 1. The molecule has 1 N–H and O–H groups in total. The van der Waals surface area contributed by atoms with E-state index in [1.54, 1.807) is 7.11 Å². The van der Waals surface area contributed by atoms with Crippen molar-refractivity contribution in [2.45, 2.75) is 51.3 Å². The van der Waals surface area contributed by atoms with E-state index in [9.17, 15) is 0 Å². The molecule has 0 amide bonds. The maximum Gasteiger partial charge on any atom is 0.0470 e. The average Bonchev–Trinajstić information content (AvgIpc) is 2.26. The second-order valence-electron chi connectivity index (χ2n) is 3.95. The molecule has 1 unspecified atom stereocenters. The fourth-order valence-corrected chi connectivity index (χ4v) is 2.36. The minimum absolute atomic E-state index is 0.701. The minimum atomic E-state index is 0.701. The summed E-state index contributed by atoms with van der Waals surface area (Å²) < 4.78 is 5.03. The van der Waals surface area contributed by atoms with Crippen LogP contribution in [0.25, 0.3) is 0 Å². The van der Waals surface area contributed by atoms with Gasteiger partial charge in [-0.1, -0.05) is 20.8 Å². The van der Waals surface area contributed by atoms with Crippen molar-refractivity contribution in [3.8, 4) is 0 Å². The Hall–Kier alpha value is 0.270. The van der Waals surface area contributed by atoms with Gasteiger partial charge in [0.05, 0.1) is 0 Å². The zero-order chi connectivity index (χ0) is 11.5. The number of ether oxygens (including phenoxy) is 1. The maximum atomic E-state index is 5.03. The summed E-state index contributed by atoms with van der Waals surface area (Å²) in [5, 5.41) is 4.32. The van der Waals surface area contributed by atoms with Gasteiger partial charge in [-0.05, 0) is 25.0 Å². The summed E-state index contributed by atoms with van der Waals surface area (Å²) in [6, 6.07) is 0.701. The Morgan fingerprint density at radius 3 is 2.47 bits per heavy atom. The first-order chi connectivity index (χ1) is 7.24. The van der Waals surface area contributed by atoms with Gasteiger partial charge in [-0.2, -0.15) is 11.8 Å². The van der Waals surface area contributed by atoms with Crippen molar-refractivity contribution in [2.24, 2.45) is 0 Å². The van der Waals surface area contributed by atoms with Crippen LogP contribution in [-0.4, -0.2) is 37.3 Å². The fraction of sp³-hybridized carbons (Fsp3) is 1.00. The quantitative estimate of drug-likeness (QED) is 0.586. The molecule has 0 bridgehead atoms. The van der Waals surface area contributed by atoms with Crippen molar-refractivity contribution in [1.29, 1.82) is 0 Å². The molecule has 0 aliphatic heterocycles. The molecule has 0 aromatic heterocycles. The lowest BCUT2D eigenvalue weighted by Crippen LogP contribution is -2.32. The molecule has 0 fully saturated rings. The molecule has 2 nitrogen and oxygen atoms in total. The topological polar surface area (TPSA) is 21.3 Å².